The molecule has 0 aromatic heterocycles. The van der Waals surface area contributed by atoms with Crippen molar-refractivity contribution in [2.75, 3.05) is 75.6 Å². The molecule has 0 saturated carbocycles. The maximum absolute atomic E-state index is 12.3. The summed E-state index contributed by atoms with van der Waals surface area (Å²) in [7, 11) is 0. The fraction of sp³-hybridized carbons (Fsp3) is 0.484. The number of benzene rings is 2. The van der Waals surface area contributed by atoms with Crippen LogP contribution in [0.3, 0.4) is 0 Å². The van der Waals surface area contributed by atoms with Gasteiger partial charge in [-0.15, -0.1) is 0 Å². The molecule has 2 aromatic carbocycles. The number of carbonyl (C=O) groups is 4. The molecule has 0 aliphatic heterocycles. The van der Waals surface area contributed by atoms with E-state index in [-0.39, 0.29) is 65.8 Å². The lowest BCUT2D eigenvalue weighted by Gasteiger charge is -2.26. The number of halogens is 1. The zero-order chi connectivity index (χ0) is 32.5. The fourth-order valence-electron chi connectivity index (χ4n) is 4.07. The van der Waals surface area contributed by atoms with Gasteiger partial charge in [0.05, 0.1) is 37.8 Å². The Morgan fingerprint density at radius 1 is 0.591 bits per heavy atom. The Kier molecular flexibility index (Phi) is 15.9. The van der Waals surface area contributed by atoms with Crippen molar-refractivity contribution in [3.8, 4) is 11.5 Å². The van der Waals surface area contributed by atoms with Crippen LogP contribution in [-0.4, -0.2) is 89.7 Å². The Balaban J connectivity index is 2.25. The number of aryl methyl sites for hydroxylation is 1. The molecule has 0 unspecified atom stereocenters. The minimum atomic E-state index is -0.504. The minimum Gasteiger partial charge on any atom is -0.488 e. The summed E-state index contributed by atoms with van der Waals surface area (Å²) in [5, 5.41) is 0. The number of hydrogen-bond acceptors (Lipinski definition) is 12. The summed E-state index contributed by atoms with van der Waals surface area (Å²) in [6, 6.07) is 10.6. The van der Waals surface area contributed by atoms with Gasteiger partial charge in [0.15, 0.2) is 0 Å². The maximum Gasteiger partial charge on any atom is 0.325 e. The molecule has 0 radical (unpaired) electrons. The van der Waals surface area contributed by atoms with Crippen LogP contribution in [0.5, 0.6) is 11.5 Å². The zero-order valence-electron chi connectivity index (χ0n) is 25.9. The van der Waals surface area contributed by atoms with E-state index >= 15 is 0 Å². The summed E-state index contributed by atoms with van der Waals surface area (Å²) in [4.78, 5) is 52.4. The van der Waals surface area contributed by atoms with Crippen LogP contribution in [0.15, 0.2) is 40.9 Å². The first-order valence-corrected chi connectivity index (χ1v) is 15.2. The van der Waals surface area contributed by atoms with Crippen LogP contribution >= 0.6 is 15.9 Å². The van der Waals surface area contributed by atoms with Crippen molar-refractivity contribution in [1.82, 2.24) is 0 Å². The first-order chi connectivity index (χ1) is 21.1. The topological polar surface area (TPSA) is 130 Å². The van der Waals surface area contributed by atoms with Crippen molar-refractivity contribution >= 4 is 51.2 Å². The monoisotopic (exact) mass is 680 g/mol. The highest BCUT2D eigenvalue weighted by atomic mass is 79.9. The molecule has 2 aromatic rings. The molecule has 13 heteroatoms. The van der Waals surface area contributed by atoms with Crippen molar-refractivity contribution in [2.45, 2.75) is 34.6 Å². The lowest BCUT2D eigenvalue weighted by molar-refractivity contribution is -0.144. The van der Waals surface area contributed by atoms with Gasteiger partial charge >= 0.3 is 23.9 Å². The van der Waals surface area contributed by atoms with E-state index in [0.29, 0.717) is 22.9 Å². The van der Waals surface area contributed by atoms with E-state index < -0.39 is 23.9 Å². The van der Waals surface area contributed by atoms with Crippen molar-refractivity contribution in [3.63, 3.8) is 0 Å². The van der Waals surface area contributed by atoms with Crippen LogP contribution in [0, 0.1) is 6.92 Å². The van der Waals surface area contributed by atoms with Gasteiger partial charge in [0.2, 0.25) is 0 Å². The van der Waals surface area contributed by atoms with E-state index in [4.69, 9.17) is 28.4 Å². The normalized spacial score (nSPS) is 10.4. The first kappa shape index (κ1) is 36.2. The van der Waals surface area contributed by atoms with Gasteiger partial charge in [0.1, 0.15) is 50.9 Å². The second-order valence-corrected chi connectivity index (χ2v) is 10.1. The summed E-state index contributed by atoms with van der Waals surface area (Å²) in [5.41, 5.74) is 1.90. The van der Waals surface area contributed by atoms with Crippen molar-refractivity contribution in [2.24, 2.45) is 0 Å². The zero-order valence-corrected chi connectivity index (χ0v) is 27.5. The van der Waals surface area contributed by atoms with Gasteiger partial charge in [0, 0.05) is 4.47 Å². The number of anilines is 2. The van der Waals surface area contributed by atoms with Crippen molar-refractivity contribution in [1.29, 1.82) is 0 Å². The molecule has 242 valence electrons. The molecule has 0 N–H and O–H groups in total. The Labute approximate surface area is 266 Å². The summed E-state index contributed by atoms with van der Waals surface area (Å²) >= 11 is 3.44. The van der Waals surface area contributed by atoms with E-state index in [2.05, 4.69) is 15.9 Å². The minimum absolute atomic E-state index is 0.0826. The molecule has 0 bridgehead atoms. The second kappa shape index (κ2) is 19.3. The lowest BCUT2D eigenvalue weighted by Crippen LogP contribution is -2.36. The van der Waals surface area contributed by atoms with Gasteiger partial charge in [-0.2, -0.15) is 0 Å². The number of ether oxygens (including phenoxy) is 6. The quantitative estimate of drug-likeness (QED) is 0.120. The Morgan fingerprint density at radius 2 is 0.955 bits per heavy atom. The molecular weight excluding hydrogens is 640 g/mol. The maximum atomic E-state index is 12.3. The van der Waals surface area contributed by atoms with Crippen LogP contribution in [0.25, 0.3) is 0 Å². The highest BCUT2D eigenvalue weighted by Crippen LogP contribution is 2.33. The number of rotatable bonds is 19. The van der Waals surface area contributed by atoms with E-state index in [1.807, 2.05) is 13.0 Å². The average molecular weight is 682 g/mol. The van der Waals surface area contributed by atoms with Gasteiger partial charge in [-0.25, -0.2) is 0 Å². The Bertz CT molecular complexity index is 1120. The number of hydrogen-bond donors (Lipinski definition) is 0. The molecule has 0 atom stereocenters. The van der Waals surface area contributed by atoms with Crippen LogP contribution in [0.4, 0.5) is 11.4 Å². The van der Waals surface area contributed by atoms with Crippen LogP contribution < -0.4 is 19.3 Å². The molecule has 0 heterocycles. The van der Waals surface area contributed by atoms with Crippen molar-refractivity contribution < 1.29 is 47.6 Å². The van der Waals surface area contributed by atoms with Gasteiger partial charge < -0.3 is 38.2 Å². The molecule has 0 spiro atoms. The average Bonchev–Trinajstić information content (AvgIpc) is 2.95. The largest absolute Gasteiger partial charge is 0.488 e. The van der Waals surface area contributed by atoms with Gasteiger partial charge in [-0.3, -0.25) is 19.2 Å². The van der Waals surface area contributed by atoms with E-state index in [1.165, 1.54) is 4.90 Å². The summed E-state index contributed by atoms with van der Waals surface area (Å²) in [6.45, 7) is 8.95. The van der Waals surface area contributed by atoms with Crippen LogP contribution in [-0.2, 0) is 38.1 Å². The standard InChI is InChI=1S/C31H41BrN2O10/c1-6-39-28(35)18-33(19-29(36)40-7-2)24-12-10-22(5)16-26(24)43-14-15-44-27-17-23(32)11-13-25(27)34(20-30(37)41-8-3)21-31(38)42-9-4/h10-13,16-17H,6-9,14-15,18-21H2,1-5H3. The molecule has 0 fully saturated rings. The third kappa shape index (κ3) is 12.3. The molecule has 0 aliphatic rings. The van der Waals surface area contributed by atoms with E-state index in [1.54, 1.807) is 62.9 Å². The molecule has 0 amide bonds. The molecule has 2 rings (SSSR count). The fourth-order valence-corrected chi connectivity index (χ4v) is 4.41. The number of carbonyl (C=O) groups excluding carboxylic acids is 4. The predicted molar refractivity (Wildman–Crippen MR) is 167 cm³/mol. The molecule has 44 heavy (non-hydrogen) atoms. The molecule has 0 aliphatic carbocycles. The van der Waals surface area contributed by atoms with Crippen molar-refractivity contribution in [3.05, 3.63) is 46.4 Å². The Hall–Kier alpha value is -4.00. The SMILES string of the molecule is CCOC(=O)CN(CC(=O)OCC)c1ccc(C)cc1OCCOc1cc(Br)ccc1N(CC(=O)OCC)CC(=O)OCC. The highest BCUT2D eigenvalue weighted by molar-refractivity contribution is 9.10. The first-order valence-electron chi connectivity index (χ1n) is 14.4. The Morgan fingerprint density at radius 3 is 1.34 bits per heavy atom. The van der Waals surface area contributed by atoms with Gasteiger partial charge in [0.25, 0.3) is 0 Å². The second-order valence-electron chi connectivity index (χ2n) is 9.21. The smallest absolute Gasteiger partial charge is 0.325 e. The molecular formula is C31H41BrN2O10. The third-order valence-electron chi connectivity index (χ3n) is 5.82. The van der Waals surface area contributed by atoms with E-state index in [9.17, 15) is 19.2 Å². The lowest BCUT2D eigenvalue weighted by atomic mass is 10.2. The summed E-state index contributed by atoms with van der Waals surface area (Å²) in [5.74, 6) is -1.17. The number of nitrogens with zero attached hydrogens (tertiary/aromatic N) is 2. The molecule has 0 saturated heterocycles. The van der Waals surface area contributed by atoms with Crippen LogP contribution in [0.1, 0.15) is 33.3 Å². The predicted octanol–water partition coefficient (Wildman–Crippen LogP) is 4.08. The van der Waals surface area contributed by atoms with Gasteiger partial charge in [-0.1, -0.05) is 22.0 Å². The summed E-state index contributed by atoms with van der Waals surface area (Å²) < 4.78 is 33.3. The summed E-state index contributed by atoms with van der Waals surface area (Å²) in [6.07, 6.45) is 0. The third-order valence-corrected chi connectivity index (χ3v) is 6.31. The van der Waals surface area contributed by atoms with Gasteiger partial charge in [-0.05, 0) is 70.5 Å². The van der Waals surface area contributed by atoms with Crippen LogP contribution in [0.2, 0.25) is 0 Å². The highest BCUT2D eigenvalue weighted by Gasteiger charge is 2.22. The number of esters is 4. The van der Waals surface area contributed by atoms with E-state index in [0.717, 1.165) is 10.0 Å². The molecule has 12 nitrogen and oxygen atoms in total.